The van der Waals surface area contributed by atoms with Crippen LogP contribution in [0, 0.1) is 30.1 Å². The van der Waals surface area contributed by atoms with Crippen molar-refractivity contribution in [3.05, 3.63) is 35.4 Å². The number of primary amides is 1. The molecule has 1 aromatic rings. The molecular formula is C25H35N3O3. The Morgan fingerprint density at radius 3 is 2.65 bits per heavy atom. The molecule has 31 heavy (non-hydrogen) atoms. The van der Waals surface area contributed by atoms with Gasteiger partial charge in [0.15, 0.2) is 0 Å². The highest BCUT2D eigenvalue weighted by Crippen LogP contribution is 2.59. The van der Waals surface area contributed by atoms with Crippen molar-refractivity contribution in [1.82, 2.24) is 10.2 Å². The highest BCUT2D eigenvalue weighted by atomic mass is 16.5. The number of morpholine rings is 1. The fourth-order valence-corrected chi connectivity index (χ4v) is 7.14. The summed E-state index contributed by atoms with van der Waals surface area (Å²) in [5.74, 6) is 1.21. The molecule has 2 amide bonds. The van der Waals surface area contributed by atoms with Crippen molar-refractivity contribution in [1.29, 1.82) is 0 Å². The predicted octanol–water partition coefficient (Wildman–Crippen LogP) is 2.55. The van der Waals surface area contributed by atoms with Crippen molar-refractivity contribution in [2.45, 2.75) is 64.1 Å². The van der Waals surface area contributed by atoms with Crippen LogP contribution in [-0.2, 0) is 14.3 Å². The van der Waals surface area contributed by atoms with Crippen LogP contribution in [0.25, 0.3) is 0 Å². The van der Waals surface area contributed by atoms with Crippen LogP contribution in [0.5, 0.6) is 0 Å². The van der Waals surface area contributed by atoms with Crippen LogP contribution < -0.4 is 11.1 Å². The number of ether oxygens (including phenoxy) is 1. The SMILES string of the molecule is Cc1cccc(C(C)N2CCOC(C(=O)NC3C4CC5CC3CC(C(N)=O)(C5)C4)C2)c1. The van der Waals surface area contributed by atoms with E-state index < -0.39 is 6.10 Å². The summed E-state index contributed by atoms with van der Waals surface area (Å²) in [7, 11) is 0. The normalized spacial score (nSPS) is 38.1. The summed E-state index contributed by atoms with van der Waals surface area (Å²) in [5.41, 5.74) is 8.01. The lowest BCUT2D eigenvalue weighted by atomic mass is 9.47. The Kier molecular flexibility index (Phi) is 5.33. The monoisotopic (exact) mass is 425 g/mol. The minimum Gasteiger partial charge on any atom is -0.369 e. The maximum atomic E-state index is 13.2. The van der Waals surface area contributed by atoms with Gasteiger partial charge in [0.2, 0.25) is 5.91 Å². The molecule has 4 unspecified atom stereocenters. The summed E-state index contributed by atoms with van der Waals surface area (Å²) in [4.78, 5) is 27.7. The Morgan fingerprint density at radius 1 is 1.23 bits per heavy atom. The topological polar surface area (TPSA) is 84.7 Å². The predicted molar refractivity (Wildman–Crippen MR) is 118 cm³/mol. The summed E-state index contributed by atoms with van der Waals surface area (Å²) in [5, 5.41) is 3.35. The number of nitrogens with zero attached hydrogens (tertiary/aromatic N) is 1. The van der Waals surface area contributed by atoms with E-state index in [1.807, 2.05) is 0 Å². The van der Waals surface area contributed by atoms with Crippen LogP contribution >= 0.6 is 0 Å². The lowest BCUT2D eigenvalue weighted by molar-refractivity contribution is -0.151. The van der Waals surface area contributed by atoms with Crippen molar-refractivity contribution in [2.75, 3.05) is 19.7 Å². The van der Waals surface area contributed by atoms with Crippen LogP contribution in [0.3, 0.4) is 0 Å². The van der Waals surface area contributed by atoms with Gasteiger partial charge >= 0.3 is 0 Å². The number of hydrogen-bond donors (Lipinski definition) is 2. The molecule has 3 N–H and O–H groups in total. The van der Waals surface area contributed by atoms with Gasteiger partial charge in [0.1, 0.15) is 6.10 Å². The van der Waals surface area contributed by atoms with Gasteiger partial charge in [-0.1, -0.05) is 29.8 Å². The van der Waals surface area contributed by atoms with E-state index in [4.69, 9.17) is 10.5 Å². The zero-order valence-electron chi connectivity index (χ0n) is 18.7. The van der Waals surface area contributed by atoms with Gasteiger partial charge in [-0.2, -0.15) is 0 Å². The van der Waals surface area contributed by atoms with E-state index >= 15 is 0 Å². The Labute approximate surface area is 184 Å². The second-order valence-electron chi connectivity index (χ2n) is 10.6. The van der Waals surface area contributed by atoms with Crippen molar-refractivity contribution in [3.8, 4) is 0 Å². The lowest BCUT2D eigenvalue weighted by Gasteiger charge is -2.59. The molecule has 0 spiro atoms. The molecule has 1 saturated heterocycles. The summed E-state index contributed by atoms with van der Waals surface area (Å²) >= 11 is 0. The Hall–Kier alpha value is -1.92. The smallest absolute Gasteiger partial charge is 0.250 e. The fraction of sp³-hybridized carbons (Fsp3) is 0.680. The second kappa shape index (κ2) is 7.89. The number of carbonyl (C=O) groups is 2. The second-order valence-corrected chi connectivity index (χ2v) is 10.6. The van der Waals surface area contributed by atoms with Crippen LogP contribution in [-0.4, -0.2) is 48.6 Å². The molecule has 0 aromatic heterocycles. The molecule has 4 aliphatic carbocycles. The average Bonchev–Trinajstić information content (AvgIpc) is 2.75. The molecule has 1 heterocycles. The number of aryl methyl sites for hydroxylation is 1. The molecule has 6 heteroatoms. The maximum absolute atomic E-state index is 13.2. The van der Waals surface area contributed by atoms with Gasteiger partial charge in [0.05, 0.1) is 6.61 Å². The Balaban J connectivity index is 1.23. The number of rotatable bonds is 5. The summed E-state index contributed by atoms with van der Waals surface area (Å²) in [6, 6.07) is 8.99. The molecule has 6 rings (SSSR count). The van der Waals surface area contributed by atoms with Crippen molar-refractivity contribution < 1.29 is 14.3 Å². The molecule has 0 radical (unpaired) electrons. The number of benzene rings is 1. The quantitative estimate of drug-likeness (QED) is 0.759. The van der Waals surface area contributed by atoms with Gasteiger partial charge in [-0.15, -0.1) is 0 Å². The Morgan fingerprint density at radius 2 is 1.97 bits per heavy atom. The van der Waals surface area contributed by atoms with Crippen LogP contribution in [0.2, 0.25) is 0 Å². The number of nitrogens with two attached hydrogens (primary N) is 1. The first-order valence-corrected chi connectivity index (χ1v) is 11.9. The summed E-state index contributed by atoms with van der Waals surface area (Å²) in [6.07, 6.45) is 4.40. The van der Waals surface area contributed by atoms with Gasteiger partial charge in [-0.25, -0.2) is 0 Å². The first kappa shape index (κ1) is 21.0. The van der Waals surface area contributed by atoms with E-state index in [-0.39, 0.29) is 29.3 Å². The van der Waals surface area contributed by atoms with Crippen molar-refractivity contribution >= 4 is 11.8 Å². The van der Waals surface area contributed by atoms with Crippen LogP contribution in [0.4, 0.5) is 0 Å². The minimum atomic E-state index is -0.441. The van der Waals surface area contributed by atoms with E-state index in [2.05, 4.69) is 48.3 Å². The lowest BCUT2D eigenvalue weighted by Crippen LogP contribution is -2.63. The zero-order valence-corrected chi connectivity index (χ0v) is 18.7. The molecule has 1 aromatic carbocycles. The zero-order chi connectivity index (χ0) is 21.8. The first-order valence-electron chi connectivity index (χ1n) is 11.9. The molecule has 4 saturated carbocycles. The maximum Gasteiger partial charge on any atom is 0.250 e. The third-order valence-corrected chi connectivity index (χ3v) is 8.57. The van der Waals surface area contributed by atoms with Crippen LogP contribution in [0.15, 0.2) is 24.3 Å². The third-order valence-electron chi connectivity index (χ3n) is 8.57. The van der Waals surface area contributed by atoms with Crippen molar-refractivity contribution in [2.24, 2.45) is 28.9 Å². The number of hydrogen-bond acceptors (Lipinski definition) is 4. The molecule has 5 fully saturated rings. The molecule has 168 valence electrons. The highest BCUT2D eigenvalue weighted by molar-refractivity contribution is 5.83. The molecule has 5 aliphatic rings. The van der Waals surface area contributed by atoms with Gasteiger partial charge in [0.25, 0.3) is 5.91 Å². The Bertz CT molecular complexity index is 855. The van der Waals surface area contributed by atoms with Gasteiger partial charge < -0.3 is 15.8 Å². The minimum absolute atomic E-state index is 0.00624. The summed E-state index contributed by atoms with van der Waals surface area (Å²) in [6.45, 7) is 6.32. The fourth-order valence-electron chi connectivity index (χ4n) is 7.14. The molecule has 6 nitrogen and oxygen atoms in total. The molecular weight excluding hydrogens is 390 g/mol. The summed E-state index contributed by atoms with van der Waals surface area (Å²) < 4.78 is 5.90. The van der Waals surface area contributed by atoms with Crippen molar-refractivity contribution in [3.63, 3.8) is 0 Å². The van der Waals surface area contributed by atoms with Gasteiger partial charge in [0, 0.05) is 30.6 Å². The third kappa shape index (κ3) is 3.78. The average molecular weight is 426 g/mol. The van der Waals surface area contributed by atoms with E-state index in [0.717, 1.165) is 38.6 Å². The number of carbonyl (C=O) groups excluding carboxylic acids is 2. The van der Waals surface area contributed by atoms with E-state index in [0.29, 0.717) is 30.9 Å². The van der Waals surface area contributed by atoms with E-state index in [1.165, 1.54) is 11.1 Å². The van der Waals surface area contributed by atoms with Crippen LogP contribution in [0.1, 0.15) is 56.2 Å². The molecule has 4 atom stereocenters. The number of nitrogens with one attached hydrogen (secondary N) is 1. The molecule has 4 bridgehead atoms. The molecule has 1 aliphatic heterocycles. The van der Waals surface area contributed by atoms with E-state index in [1.54, 1.807) is 0 Å². The first-order chi connectivity index (χ1) is 14.8. The van der Waals surface area contributed by atoms with Gasteiger partial charge in [-0.05, 0) is 69.3 Å². The van der Waals surface area contributed by atoms with Gasteiger partial charge in [-0.3, -0.25) is 14.5 Å². The highest BCUT2D eigenvalue weighted by Gasteiger charge is 2.58. The standard InChI is InChI=1S/C25H35N3O3/c1-15-4-3-5-18(8-15)16(2)28-6-7-31-21(14-28)23(29)27-22-19-9-17-10-20(22)13-25(11-17,12-19)24(26)30/h3-5,8,16-17,19-22H,6-7,9-14H2,1-2H3,(H2,26,30)(H,27,29). The van der Waals surface area contributed by atoms with E-state index in [9.17, 15) is 9.59 Å². The largest absolute Gasteiger partial charge is 0.369 e. The number of amides is 2.